The maximum absolute atomic E-state index is 12.6. The van der Waals surface area contributed by atoms with Gasteiger partial charge in [-0.2, -0.15) is 0 Å². The number of sulfone groups is 1. The van der Waals surface area contributed by atoms with Crippen LogP contribution in [-0.2, 0) is 69.8 Å². The minimum Gasteiger partial charge on any atom is -0.314 e. The van der Waals surface area contributed by atoms with Crippen LogP contribution in [0.3, 0.4) is 0 Å². The summed E-state index contributed by atoms with van der Waals surface area (Å²) in [6.07, 6.45) is 23.8. The van der Waals surface area contributed by atoms with Gasteiger partial charge in [0.15, 0.2) is 9.84 Å². The number of hydrogen-bond donors (Lipinski definition) is 0. The van der Waals surface area contributed by atoms with Crippen molar-refractivity contribution < 1.29 is 26.3 Å². The Hall–Kier alpha value is -8.60. The summed E-state index contributed by atoms with van der Waals surface area (Å²) in [4.78, 5) is 25.6. The highest BCUT2D eigenvalue weighted by atomic mass is 32.4. The minimum absolute atomic E-state index is 0.370. The fourth-order valence-corrected chi connectivity index (χ4v) is 23.5. The van der Waals surface area contributed by atoms with Crippen molar-refractivity contribution in [2.24, 2.45) is 0 Å². The zero-order valence-electron chi connectivity index (χ0n) is 89.8. The van der Waals surface area contributed by atoms with Crippen molar-refractivity contribution in [3.8, 4) is 0 Å². The highest BCUT2D eigenvalue weighted by Gasteiger charge is 2.24. The Morgan fingerprint density at radius 2 is 0.350 bits per heavy atom. The second-order valence-electron chi connectivity index (χ2n) is 24.7. The van der Waals surface area contributed by atoms with Crippen molar-refractivity contribution in [3.05, 3.63) is 390 Å². The van der Waals surface area contributed by atoms with Gasteiger partial charge in [-0.3, -0.25) is 34.1 Å². The van der Waals surface area contributed by atoms with Crippen molar-refractivity contribution in [2.75, 3.05) is 52.5 Å². The number of pyridine rings is 6. The minimum atomic E-state index is -3.00. The lowest BCUT2D eigenvalue weighted by Crippen LogP contribution is -2.15. The fraction of sp³-hybridized carbons (Fsp3) is 0.316. The third-order valence-corrected chi connectivity index (χ3v) is 37.6. The molecule has 0 saturated heterocycles. The van der Waals surface area contributed by atoms with Gasteiger partial charge in [0.1, 0.15) is 21.4 Å². The fourth-order valence-electron chi connectivity index (χ4n) is 10.1. The van der Waals surface area contributed by atoms with E-state index in [1.54, 1.807) is 118 Å². The van der Waals surface area contributed by atoms with Gasteiger partial charge in [-0.05, 0) is 135 Å². The summed E-state index contributed by atoms with van der Waals surface area (Å²) in [7, 11) is -11.2. The number of benzene rings is 8. The molecule has 137 heavy (non-hydrogen) atoms. The van der Waals surface area contributed by atoms with E-state index in [4.69, 9.17) is 35.4 Å². The molecule has 3 atom stereocenters. The molecule has 0 N–H and O–H groups in total. The molecule has 14 aromatic rings. The standard InChI is InChI=1S/C13H13OP.C13H13PS.C12H12NOP.C12H12NPS.C11H11N2OP.C11H11N2PS.C7H8O2S.C7H8OS.14C2H6/c1-15(14,12-8-4-2-5-9-12)13-10-6-3-7-11-13;1-14(15,12-8-4-2-5-9-12)13-10-6-3-7-11-13;1-15(14,11-6-3-2-4-7-11)12-8-5-9-13-10-12;1-14(15,11-6-3-2-4-7-11)12-8-5-9-13-10-12;1-15(14,10-4-2-6-12-8-10)11-5-3-7-13-9-11;1-14(15,10-4-2-6-12-8-10)11-5-3-7-13-9-11;1-10(8,9)7-5-3-2-4-6-7;1-9(8)7-5-3-2-4-6-7;14*1-2/h2*2-11H,1H3;2*2-10H,1H3;2*2-9H,1H3;2-6H,1H3;2-6H,1H3;14*1-2H3. The lowest BCUT2D eigenvalue weighted by molar-refractivity contribution is 0.589. The molecule has 0 fully saturated rings. The molecule has 0 amide bonds. The van der Waals surface area contributed by atoms with E-state index in [0.717, 1.165) is 47.3 Å². The lowest BCUT2D eigenvalue weighted by atomic mass is 10.4. The molecule has 0 aliphatic rings. The van der Waals surface area contributed by atoms with E-state index in [9.17, 15) is 26.3 Å². The first-order valence-electron chi connectivity index (χ1n) is 48.0. The molecule has 754 valence electrons. The van der Waals surface area contributed by atoms with Crippen molar-refractivity contribution >= 4 is 159 Å². The van der Waals surface area contributed by atoms with Gasteiger partial charge in [-0.1, -0.05) is 466 Å². The maximum atomic E-state index is 12.6. The Kier molecular flexibility index (Phi) is 97.0. The quantitative estimate of drug-likeness (QED) is 0.0938. The molecular weight excluding hydrogens is 1900 g/mol. The maximum Gasteiger partial charge on any atom is 0.175 e. The number of aromatic nitrogens is 6. The smallest absolute Gasteiger partial charge is 0.175 e. The Morgan fingerprint density at radius 3 is 0.511 bits per heavy atom. The number of nitrogens with zero attached hydrogens (tertiary/aromatic N) is 6. The Balaban J connectivity index is -0.000000224. The van der Waals surface area contributed by atoms with E-state index in [2.05, 4.69) is 117 Å². The topological polar surface area (TPSA) is 180 Å². The van der Waals surface area contributed by atoms with Crippen molar-refractivity contribution in [2.45, 2.75) is 204 Å². The van der Waals surface area contributed by atoms with E-state index in [1.807, 2.05) is 425 Å². The van der Waals surface area contributed by atoms with Gasteiger partial charge >= 0.3 is 0 Å². The van der Waals surface area contributed by atoms with Crippen LogP contribution >= 0.6 is 39.5 Å². The lowest BCUT2D eigenvalue weighted by Gasteiger charge is -2.17. The van der Waals surface area contributed by atoms with Crippen LogP contribution < -0.4 is 63.7 Å². The Bertz CT molecular complexity index is 4460. The van der Waals surface area contributed by atoms with Crippen LogP contribution in [0.1, 0.15) is 194 Å². The van der Waals surface area contributed by atoms with Gasteiger partial charge in [0.25, 0.3) is 0 Å². The molecule has 0 spiro atoms. The molecule has 23 heteroatoms. The van der Waals surface area contributed by atoms with Crippen molar-refractivity contribution in [3.63, 3.8) is 0 Å². The van der Waals surface area contributed by atoms with Crippen LogP contribution in [0.15, 0.2) is 400 Å². The summed E-state index contributed by atoms with van der Waals surface area (Å²) in [5.41, 5.74) is 0. The first-order valence-corrected chi connectivity index (χ1v) is 67.7. The third-order valence-electron chi connectivity index (χ3n) is 16.6. The summed E-state index contributed by atoms with van der Waals surface area (Å²) in [6.45, 7) is 67.8. The summed E-state index contributed by atoms with van der Waals surface area (Å²) in [5, 5.41) is 12.3. The molecule has 3 unspecified atom stereocenters. The van der Waals surface area contributed by atoms with Gasteiger partial charge in [-0.25, -0.2) is 8.42 Å². The zero-order chi connectivity index (χ0) is 107. The van der Waals surface area contributed by atoms with Crippen LogP contribution in [0, 0.1) is 0 Å². The average Bonchev–Trinajstić information content (AvgIpc) is 0.841. The van der Waals surface area contributed by atoms with E-state index in [0.29, 0.717) is 4.90 Å². The van der Waals surface area contributed by atoms with Crippen molar-refractivity contribution in [1.29, 1.82) is 0 Å². The third kappa shape index (κ3) is 58.3. The van der Waals surface area contributed by atoms with Gasteiger partial charge in [0, 0.05) is 168 Å². The molecule has 0 saturated carbocycles. The summed E-state index contributed by atoms with van der Waals surface area (Å²) in [6, 6.07) is 95.7. The van der Waals surface area contributed by atoms with Gasteiger partial charge in [0.05, 0.1) is 4.90 Å². The largest absolute Gasteiger partial charge is 0.314 e. The molecule has 0 radical (unpaired) electrons. The van der Waals surface area contributed by atoms with E-state index in [-0.39, 0.29) is 0 Å². The predicted octanol–water partition coefficient (Wildman–Crippen LogP) is 29.4. The molecule has 12 nitrogen and oxygen atoms in total. The second-order valence-corrected chi connectivity index (χ2v) is 51.9. The second kappa shape index (κ2) is 92.4. The van der Waals surface area contributed by atoms with Crippen LogP contribution in [0.4, 0.5) is 0 Å². The van der Waals surface area contributed by atoms with Crippen LogP contribution in [0.2, 0.25) is 0 Å². The van der Waals surface area contributed by atoms with Gasteiger partial charge < -0.3 is 13.7 Å². The SMILES string of the molecule is CC.CC.CC.CC.CC.CC.CC.CC.CC.CC.CC.CC.CC.CC.CP(=O)(c1ccccc1)c1ccccc1.CP(=O)(c1ccccc1)c1cccnc1.CP(=O)(c1cccnc1)c1cccnc1.CP(=S)(c1ccccc1)c1ccccc1.CP(=S)(c1ccccc1)c1cccnc1.CP(=S)(c1cccnc1)c1cccnc1.CS(=O)(=O)c1ccccc1.CS(=O)c1ccccc1. The molecule has 6 heterocycles. The predicted molar refractivity (Wildman–Crippen MR) is 638 cm³/mol. The van der Waals surface area contributed by atoms with Crippen LogP contribution in [0.5, 0.6) is 0 Å². The van der Waals surface area contributed by atoms with Crippen LogP contribution in [-0.4, -0.2) is 95.0 Å². The molecule has 0 bridgehead atoms. The summed E-state index contributed by atoms with van der Waals surface area (Å²) >= 11 is 17.2. The first-order chi connectivity index (χ1) is 66.2. The van der Waals surface area contributed by atoms with Crippen LogP contribution in [0.25, 0.3) is 0 Å². The molecule has 6 aromatic heterocycles. The highest BCUT2D eigenvalue weighted by molar-refractivity contribution is 8.22. The molecule has 0 aliphatic carbocycles. The van der Waals surface area contributed by atoms with Crippen molar-refractivity contribution in [1.82, 2.24) is 29.9 Å². The normalized spacial score (nSPS) is 10.4. The summed E-state index contributed by atoms with van der Waals surface area (Å²) < 4.78 is 70.2. The first kappa shape index (κ1) is 144. The number of rotatable bonds is 14. The Labute approximate surface area is 854 Å². The molecular formula is C114H172N6O6P6S5. The average molecular weight is 2070 g/mol. The summed E-state index contributed by atoms with van der Waals surface area (Å²) in [5.74, 6) is 0. The monoisotopic (exact) mass is 2070 g/mol. The van der Waals surface area contributed by atoms with E-state index < -0.39 is 60.2 Å². The molecule has 0 aliphatic heterocycles. The molecule has 8 aromatic carbocycles. The van der Waals surface area contributed by atoms with Gasteiger partial charge in [-0.15, -0.1) is 0 Å². The molecule has 14 rings (SSSR count). The number of hydrogen-bond acceptors (Lipinski definition) is 15. The Morgan fingerprint density at radius 1 is 0.212 bits per heavy atom. The highest BCUT2D eigenvalue weighted by Crippen LogP contribution is 2.42. The van der Waals surface area contributed by atoms with E-state index >= 15 is 0 Å². The van der Waals surface area contributed by atoms with Gasteiger partial charge in [0.2, 0.25) is 0 Å². The zero-order valence-corrected chi connectivity index (χ0v) is 99.3. The van der Waals surface area contributed by atoms with E-state index in [1.165, 1.54) is 27.5 Å².